The number of carbonyl (C=O) groups excluding carboxylic acids is 1. The molecular weight excluding hydrogens is 290 g/mol. The van der Waals surface area contributed by atoms with Crippen molar-refractivity contribution in [2.75, 3.05) is 33.2 Å². The predicted octanol–water partition coefficient (Wildman–Crippen LogP) is 1.57. The zero-order valence-corrected chi connectivity index (χ0v) is 12.5. The van der Waals surface area contributed by atoms with Crippen molar-refractivity contribution in [3.8, 4) is 0 Å². The van der Waals surface area contributed by atoms with Gasteiger partial charge >= 0.3 is 0 Å². The molecule has 1 N–H and O–H groups in total. The summed E-state index contributed by atoms with van der Waals surface area (Å²) in [6, 6.07) is 4.99. The third kappa shape index (κ3) is 2.66. The summed E-state index contributed by atoms with van der Waals surface area (Å²) in [7, 11) is 2.02. The zero-order chi connectivity index (χ0) is 15.0. The highest BCUT2D eigenvalue weighted by Crippen LogP contribution is 2.15. The van der Waals surface area contributed by atoms with E-state index in [9.17, 15) is 9.59 Å². The Kier molecular flexibility index (Phi) is 3.69. The number of H-pyrrole nitrogens is 1. The van der Waals surface area contributed by atoms with E-state index in [0.717, 1.165) is 13.1 Å². The summed E-state index contributed by atoms with van der Waals surface area (Å²) in [6.45, 7) is 2.94. The number of likely N-dealkylation sites (N-methyl/N-ethyl adjacent to an activating group) is 1. The van der Waals surface area contributed by atoms with E-state index in [0.29, 0.717) is 29.0 Å². The van der Waals surface area contributed by atoms with Gasteiger partial charge in [-0.3, -0.25) is 9.59 Å². The van der Waals surface area contributed by atoms with E-state index < -0.39 is 0 Å². The maximum atomic E-state index is 12.5. The van der Waals surface area contributed by atoms with Gasteiger partial charge < -0.3 is 14.8 Å². The van der Waals surface area contributed by atoms with Crippen LogP contribution in [0, 0.1) is 0 Å². The Labute approximate surface area is 127 Å². The lowest BCUT2D eigenvalue weighted by molar-refractivity contribution is 0.0662. The molecule has 1 saturated heterocycles. The number of amides is 1. The summed E-state index contributed by atoms with van der Waals surface area (Å²) >= 11 is 5.91. The third-order valence-corrected chi connectivity index (χ3v) is 4.10. The topological polar surface area (TPSA) is 56.4 Å². The second-order valence-electron chi connectivity index (χ2n) is 5.32. The first-order valence-corrected chi connectivity index (χ1v) is 7.23. The quantitative estimate of drug-likeness (QED) is 0.870. The maximum Gasteiger partial charge on any atom is 0.259 e. The Hall–Kier alpha value is -1.85. The van der Waals surface area contributed by atoms with E-state index in [-0.39, 0.29) is 16.9 Å². The van der Waals surface area contributed by atoms with Crippen LogP contribution in [0.25, 0.3) is 10.9 Å². The summed E-state index contributed by atoms with van der Waals surface area (Å²) in [5.74, 6) is -0.207. The van der Waals surface area contributed by atoms with Gasteiger partial charge in [0.1, 0.15) is 5.56 Å². The highest BCUT2D eigenvalue weighted by Gasteiger charge is 2.23. The van der Waals surface area contributed by atoms with Gasteiger partial charge in [0.25, 0.3) is 5.91 Å². The molecule has 1 aromatic carbocycles. The van der Waals surface area contributed by atoms with Crippen LogP contribution in [-0.4, -0.2) is 53.9 Å². The highest BCUT2D eigenvalue weighted by atomic mass is 35.5. The van der Waals surface area contributed by atoms with Crippen molar-refractivity contribution in [2.24, 2.45) is 0 Å². The van der Waals surface area contributed by atoms with Crippen LogP contribution in [0.5, 0.6) is 0 Å². The van der Waals surface area contributed by atoms with Crippen LogP contribution in [-0.2, 0) is 0 Å². The molecule has 0 atom stereocenters. The Morgan fingerprint density at radius 2 is 1.95 bits per heavy atom. The first-order chi connectivity index (χ1) is 10.1. The molecule has 0 spiro atoms. The minimum Gasteiger partial charge on any atom is -0.360 e. The monoisotopic (exact) mass is 305 g/mol. The molecule has 1 amide bonds. The number of carbonyl (C=O) groups is 1. The fourth-order valence-electron chi connectivity index (χ4n) is 2.53. The van der Waals surface area contributed by atoms with Crippen LogP contribution in [0.2, 0.25) is 5.02 Å². The molecule has 2 heterocycles. The molecule has 3 rings (SSSR count). The molecular formula is C15H16ClN3O2. The largest absolute Gasteiger partial charge is 0.360 e. The van der Waals surface area contributed by atoms with Gasteiger partial charge in [-0.05, 0) is 25.2 Å². The molecule has 5 nitrogen and oxygen atoms in total. The standard InChI is InChI=1S/C15H16ClN3O2/c1-18-4-6-19(7-5-18)15(21)12-9-17-13-8-10(16)2-3-11(13)14(12)20/h2-3,8-9H,4-7H2,1H3,(H,17,20). The lowest BCUT2D eigenvalue weighted by Gasteiger charge is -2.32. The van der Waals surface area contributed by atoms with E-state index in [4.69, 9.17) is 11.6 Å². The first-order valence-electron chi connectivity index (χ1n) is 6.85. The zero-order valence-electron chi connectivity index (χ0n) is 11.7. The van der Waals surface area contributed by atoms with E-state index in [1.165, 1.54) is 6.20 Å². The number of hydrogen-bond donors (Lipinski definition) is 1. The van der Waals surface area contributed by atoms with Crippen LogP contribution in [0.4, 0.5) is 0 Å². The Morgan fingerprint density at radius 3 is 2.67 bits per heavy atom. The lowest BCUT2D eigenvalue weighted by Crippen LogP contribution is -2.48. The third-order valence-electron chi connectivity index (χ3n) is 3.86. The van der Waals surface area contributed by atoms with Gasteiger partial charge in [0.05, 0.1) is 5.52 Å². The van der Waals surface area contributed by atoms with Gasteiger partial charge in [-0.1, -0.05) is 11.6 Å². The number of benzene rings is 1. The van der Waals surface area contributed by atoms with Gasteiger partial charge in [-0.15, -0.1) is 0 Å². The molecule has 0 radical (unpaired) electrons. The molecule has 6 heteroatoms. The SMILES string of the molecule is CN1CCN(C(=O)c2c[nH]c3cc(Cl)ccc3c2=O)CC1. The van der Waals surface area contributed by atoms with E-state index in [1.807, 2.05) is 7.05 Å². The van der Waals surface area contributed by atoms with Gasteiger partial charge in [0.15, 0.2) is 0 Å². The Balaban J connectivity index is 1.97. The smallest absolute Gasteiger partial charge is 0.259 e. The van der Waals surface area contributed by atoms with Crippen LogP contribution < -0.4 is 5.43 Å². The van der Waals surface area contributed by atoms with Crippen LogP contribution in [0.15, 0.2) is 29.2 Å². The van der Waals surface area contributed by atoms with Crippen molar-refractivity contribution >= 4 is 28.4 Å². The number of fused-ring (bicyclic) bond motifs is 1. The molecule has 0 unspecified atom stereocenters. The Bertz CT molecular complexity index is 748. The number of aromatic nitrogens is 1. The fraction of sp³-hybridized carbons (Fsp3) is 0.333. The average Bonchev–Trinajstić information content (AvgIpc) is 2.47. The van der Waals surface area contributed by atoms with Crippen molar-refractivity contribution in [2.45, 2.75) is 0 Å². The second kappa shape index (κ2) is 5.50. The molecule has 0 aliphatic carbocycles. The van der Waals surface area contributed by atoms with Gasteiger partial charge in [-0.2, -0.15) is 0 Å². The number of halogens is 1. The van der Waals surface area contributed by atoms with E-state index in [2.05, 4.69) is 9.88 Å². The number of nitrogens with one attached hydrogen (secondary N) is 1. The first kappa shape index (κ1) is 14.1. The molecule has 1 aromatic heterocycles. The Morgan fingerprint density at radius 1 is 1.24 bits per heavy atom. The molecule has 1 aliphatic rings. The van der Waals surface area contributed by atoms with Crippen molar-refractivity contribution in [1.29, 1.82) is 0 Å². The predicted molar refractivity (Wildman–Crippen MR) is 83.0 cm³/mol. The average molecular weight is 306 g/mol. The van der Waals surface area contributed by atoms with Crippen molar-refractivity contribution < 1.29 is 4.79 Å². The van der Waals surface area contributed by atoms with Gasteiger partial charge in [-0.25, -0.2) is 0 Å². The van der Waals surface area contributed by atoms with E-state index in [1.54, 1.807) is 23.1 Å². The minimum atomic E-state index is -0.246. The highest BCUT2D eigenvalue weighted by molar-refractivity contribution is 6.31. The number of piperazine rings is 1. The maximum absolute atomic E-state index is 12.5. The number of rotatable bonds is 1. The number of nitrogens with zero attached hydrogens (tertiary/aromatic N) is 2. The number of pyridine rings is 1. The molecule has 1 fully saturated rings. The number of aromatic amines is 1. The molecule has 110 valence electrons. The molecule has 2 aromatic rings. The molecule has 21 heavy (non-hydrogen) atoms. The molecule has 1 aliphatic heterocycles. The van der Waals surface area contributed by atoms with Crippen LogP contribution in [0.3, 0.4) is 0 Å². The second-order valence-corrected chi connectivity index (χ2v) is 5.75. The van der Waals surface area contributed by atoms with Gasteiger partial charge in [0.2, 0.25) is 5.43 Å². The summed E-state index contributed by atoms with van der Waals surface area (Å²) in [4.78, 5) is 31.8. The van der Waals surface area contributed by atoms with Crippen molar-refractivity contribution in [1.82, 2.24) is 14.8 Å². The lowest BCUT2D eigenvalue weighted by atomic mass is 10.1. The molecule has 0 saturated carbocycles. The summed E-state index contributed by atoms with van der Waals surface area (Å²) in [6.07, 6.45) is 1.49. The van der Waals surface area contributed by atoms with E-state index >= 15 is 0 Å². The van der Waals surface area contributed by atoms with Crippen molar-refractivity contribution in [3.05, 3.63) is 45.2 Å². The normalized spacial score (nSPS) is 16.4. The summed E-state index contributed by atoms with van der Waals surface area (Å²) in [5, 5.41) is 1.04. The van der Waals surface area contributed by atoms with Crippen molar-refractivity contribution in [3.63, 3.8) is 0 Å². The number of hydrogen-bond acceptors (Lipinski definition) is 3. The fourth-order valence-corrected chi connectivity index (χ4v) is 2.71. The minimum absolute atomic E-state index is 0.189. The van der Waals surface area contributed by atoms with Gasteiger partial charge in [0, 0.05) is 42.8 Å². The summed E-state index contributed by atoms with van der Waals surface area (Å²) in [5.41, 5.74) is 0.584. The van der Waals surface area contributed by atoms with Crippen LogP contribution in [0.1, 0.15) is 10.4 Å². The van der Waals surface area contributed by atoms with Crippen LogP contribution >= 0.6 is 11.6 Å². The summed E-state index contributed by atoms with van der Waals surface area (Å²) < 4.78 is 0. The molecule has 0 bridgehead atoms.